The van der Waals surface area contributed by atoms with Gasteiger partial charge in [-0.3, -0.25) is 0 Å². The maximum atomic E-state index is 13.5. The number of hydrogen-bond acceptors (Lipinski definition) is 3. The van der Waals surface area contributed by atoms with Crippen molar-refractivity contribution in [1.82, 2.24) is 4.90 Å². The maximum absolute atomic E-state index is 13.5. The van der Waals surface area contributed by atoms with Crippen molar-refractivity contribution in [3.05, 3.63) is 29.0 Å². The predicted molar refractivity (Wildman–Crippen MR) is 73.7 cm³/mol. The van der Waals surface area contributed by atoms with Crippen LogP contribution >= 0.6 is 11.6 Å². The second-order valence-corrected chi connectivity index (χ2v) is 4.52. The first-order chi connectivity index (χ1) is 8.58. The summed E-state index contributed by atoms with van der Waals surface area (Å²) in [6.45, 7) is 6.68. The average Bonchev–Trinajstić information content (AvgIpc) is 2.35. The maximum Gasteiger partial charge on any atom is 0.147 e. The third kappa shape index (κ3) is 4.44. The molecule has 1 unspecified atom stereocenters. The second kappa shape index (κ2) is 7.56. The van der Waals surface area contributed by atoms with E-state index >= 15 is 0 Å². The fourth-order valence-electron chi connectivity index (χ4n) is 1.73. The lowest BCUT2D eigenvalue weighted by atomic mass is 10.2. The zero-order valence-electron chi connectivity index (χ0n) is 10.8. The SMILES string of the molecule is CCN(CC)CC(O)CNc1c(F)cccc1Cl. The van der Waals surface area contributed by atoms with Crippen LogP contribution < -0.4 is 5.32 Å². The van der Waals surface area contributed by atoms with Crippen LogP contribution in [-0.2, 0) is 0 Å². The Morgan fingerprint density at radius 2 is 2.06 bits per heavy atom. The highest BCUT2D eigenvalue weighted by atomic mass is 35.5. The molecule has 5 heteroatoms. The molecule has 0 aliphatic heterocycles. The summed E-state index contributed by atoms with van der Waals surface area (Å²) >= 11 is 5.88. The minimum Gasteiger partial charge on any atom is -0.390 e. The highest BCUT2D eigenvalue weighted by Gasteiger charge is 2.11. The normalized spacial score (nSPS) is 12.8. The van der Waals surface area contributed by atoms with E-state index in [0.29, 0.717) is 11.6 Å². The molecule has 102 valence electrons. The van der Waals surface area contributed by atoms with Gasteiger partial charge in [-0.2, -0.15) is 0 Å². The number of aliphatic hydroxyl groups is 1. The zero-order valence-corrected chi connectivity index (χ0v) is 11.5. The van der Waals surface area contributed by atoms with Crippen LogP contribution in [0.3, 0.4) is 0 Å². The number of halogens is 2. The van der Waals surface area contributed by atoms with Crippen molar-refractivity contribution in [2.45, 2.75) is 20.0 Å². The third-order valence-electron chi connectivity index (χ3n) is 2.84. The van der Waals surface area contributed by atoms with Crippen LogP contribution in [0.2, 0.25) is 5.02 Å². The first-order valence-electron chi connectivity index (χ1n) is 6.16. The van der Waals surface area contributed by atoms with Crippen molar-refractivity contribution in [3.63, 3.8) is 0 Å². The molecule has 0 radical (unpaired) electrons. The molecule has 1 rings (SSSR count). The first kappa shape index (κ1) is 15.2. The molecule has 0 heterocycles. The van der Waals surface area contributed by atoms with Gasteiger partial charge in [0.2, 0.25) is 0 Å². The van der Waals surface area contributed by atoms with Crippen molar-refractivity contribution in [2.75, 3.05) is 31.5 Å². The summed E-state index contributed by atoms with van der Waals surface area (Å²) in [5, 5.41) is 13.0. The van der Waals surface area contributed by atoms with Gasteiger partial charge in [0.15, 0.2) is 0 Å². The Balaban J connectivity index is 2.49. The molecule has 0 aliphatic carbocycles. The van der Waals surface area contributed by atoms with Gasteiger partial charge in [-0.15, -0.1) is 0 Å². The van der Waals surface area contributed by atoms with Gasteiger partial charge in [-0.1, -0.05) is 31.5 Å². The van der Waals surface area contributed by atoms with E-state index in [1.165, 1.54) is 6.07 Å². The molecule has 0 aliphatic rings. The Hall–Kier alpha value is -0.840. The Labute approximate surface area is 113 Å². The molecule has 1 atom stereocenters. The van der Waals surface area contributed by atoms with Crippen molar-refractivity contribution in [3.8, 4) is 0 Å². The number of hydrogen-bond donors (Lipinski definition) is 2. The molecular formula is C13H20ClFN2O. The van der Waals surface area contributed by atoms with Crippen LogP contribution in [0.15, 0.2) is 18.2 Å². The van der Waals surface area contributed by atoms with Gasteiger partial charge in [-0.25, -0.2) is 4.39 Å². The number of likely N-dealkylation sites (N-methyl/N-ethyl adjacent to an activating group) is 1. The van der Waals surface area contributed by atoms with Gasteiger partial charge in [0.05, 0.1) is 16.8 Å². The van der Waals surface area contributed by atoms with E-state index in [2.05, 4.69) is 10.2 Å². The minimum atomic E-state index is -0.555. The van der Waals surface area contributed by atoms with Crippen LogP contribution in [0, 0.1) is 5.82 Å². The fourth-order valence-corrected chi connectivity index (χ4v) is 1.96. The molecule has 0 bridgehead atoms. The summed E-state index contributed by atoms with van der Waals surface area (Å²) in [4.78, 5) is 2.11. The van der Waals surface area contributed by atoms with Crippen LogP contribution in [0.25, 0.3) is 0 Å². The van der Waals surface area contributed by atoms with Gasteiger partial charge in [0.1, 0.15) is 5.82 Å². The number of nitrogens with zero attached hydrogens (tertiary/aromatic N) is 1. The topological polar surface area (TPSA) is 35.5 Å². The summed E-state index contributed by atoms with van der Waals surface area (Å²) in [7, 11) is 0. The van der Waals surface area contributed by atoms with Gasteiger partial charge in [-0.05, 0) is 25.2 Å². The molecule has 1 aromatic rings. The zero-order chi connectivity index (χ0) is 13.5. The molecule has 0 aromatic heterocycles. The van der Waals surface area contributed by atoms with Crippen LogP contribution in [0.1, 0.15) is 13.8 Å². The van der Waals surface area contributed by atoms with E-state index in [-0.39, 0.29) is 12.2 Å². The molecular weight excluding hydrogens is 255 g/mol. The number of para-hydroxylation sites is 1. The Morgan fingerprint density at radius 3 is 2.61 bits per heavy atom. The van der Waals surface area contributed by atoms with E-state index in [9.17, 15) is 9.50 Å². The van der Waals surface area contributed by atoms with E-state index in [4.69, 9.17) is 11.6 Å². The van der Waals surface area contributed by atoms with Crippen molar-refractivity contribution in [2.24, 2.45) is 0 Å². The molecule has 3 nitrogen and oxygen atoms in total. The lowest BCUT2D eigenvalue weighted by Gasteiger charge is -2.22. The van der Waals surface area contributed by atoms with Crippen molar-refractivity contribution in [1.29, 1.82) is 0 Å². The number of benzene rings is 1. The summed E-state index contributed by atoms with van der Waals surface area (Å²) in [5.41, 5.74) is 0.248. The van der Waals surface area contributed by atoms with E-state index in [0.717, 1.165) is 13.1 Å². The monoisotopic (exact) mass is 274 g/mol. The van der Waals surface area contributed by atoms with Gasteiger partial charge < -0.3 is 15.3 Å². The Kier molecular flexibility index (Phi) is 6.39. The number of anilines is 1. The predicted octanol–water partition coefficient (Wildman–Crippen LogP) is 2.59. The van der Waals surface area contributed by atoms with E-state index < -0.39 is 11.9 Å². The fraction of sp³-hybridized carbons (Fsp3) is 0.538. The molecule has 0 spiro atoms. The molecule has 0 saturated heterocycles. The lowest BCUT2D eigenvalue weighted by molar-refractivity contribution is 0.128. The summed E-state index contributed by atoms with van der Waals surface area (Å²) in [6, 6.07) is 4.50. The van der Waals surface area contributed by atoms with Gasteiger partial charge in [0.25, 0.3) is 0 Å². The highest BCUT2D eigenvalue weighted by Crippen LogP contribution is 2.24. The standard InChI is InChI=1S/C13H20ClFN2O/c1-3-17(4-2)9-10(18)8-16-13-11(14)6-5-7-12(13)15/h5-7,10,16,18H,3-4,8-9H2,1-2H3. The van der Waals surface area contributed by atoms with Gasteiger partial charge >= 0.3 is 0 Å². The van der Waals surface area contributed by atoms with E-state index in [1.54, 1.807) is 12.1 Å². The number of rotatable bonds is 7. The average molecular weight is 275 g/mol. The molecule has 0 fully saturated rings. The van der Waals surface area contributed by atoms with Crippen LogP contribution in [0.5, 0.6) is 0 Å². The van der Waals surface area contributed by atoms with E-state index in [1.807, 2.05) is 13.8 Å². The minimum absolute atomic E-state index is 0.248. The third-order valence-corrected chi connectivity index (χ3v) is 3.16. The molecule has 1 aromatic carbocycles. The molecule has 18 heavy (non-hydrogen) atoms. The summed E-state index contributed by atoms with van der Waals surface area (Å²) < 4.78 is 13.5. The largest absolute Gasteiger partial charge is 0.390 e. The first-order valence-corrected chi connectivity index (χ1v) is 6.54. The quantitative estimate of drug-likeness (QED) is 0.802. The van der Waals surface area contributed by atoms with Crippen molar-refractivity contribution < 1.29 is 9.50 Å². The lowest BCUT2D eigenvalue weighted by Crippen LogP contribution is -2.36. The number of nitrogens with one attached hydrogen (secondary N) is 1. The second-order valence-electron chi connectivity index (χ2n) is 4.12. The Bertz CT molecular complexity index is 352. The molecule has 0 saturated carbocycles. The van der Waals surface area contributed by atoms with Crippen LogP contribution in [0.4, 0.5) is 10.1 Å². The smallest absolute Gasteiger partial charge is 0.147 e. The summed E-state index contributed by atoms with van der Waals surface area (Å²) in [6.07, 6.45) is -0.555. The summed E-state index contributed by atoms with van der Waals surface area (Å²) in [5.74, 6) is -0.405. The molecule has 2 N–H and O–H groups in total. The molecule has 0 amide bonds. The van der Waals surface area contributed by atoms with Crippen LogP contribution in [-0.4, -0.2) is 42.3 Å². The number of aliphatic hydroxyl groups excluding tert-OH is 1. The Morgan fingerprint density at radius 1 is 1.39 bits per heavy atom. The van der Waals surface area contributed by atoms with Crippen molar-refractivity contribution >= 4 is 17.3 Å². The van der Waals surface area contributed by atoms with Gasteiger partial charge in [0, 0.05) is 13.1 Å². The highest BCUT2D eigenvalue weighted by molar-refractivity contribution is 6.33.